The third-order valence-electron chi connectivity index (χ3n) is 9.07. The number of nitrogens with zero attached hydrogens (tertiary/aromatic N) is 1. The van der Waals surface area contributed by atoms with E-state index < -0.39 is 23.9 Å². The van der Waals surface area contributed by atoms with E-state index >= 15 is 0 Å². The van der Waals surface area contributed by atoms with Crippen molar-refractivity contribution in [3.05, 3.63) is 126 Å². The molecule has 0 saturated heterocycles. The summed E-state index contributed by atoms with van der Waals surface area (Å²) in [6.45, 7) is 8.35. The largest absolute Gasteiger partial charge is 0.463 e. The fraction of sp³-hybridized carbons (Fsp3) is 0.295. The number of benzene rings is 4. The summed E-state index contributed by atoms with van der Waals surface area (Å²) in [6.07, 6.45) is 8.61. The Morgan fingerprint density at radius 2 is 1.07 bits per heavy atom. The van der Waals surface area contributed by atoms with Crippen LogP contribution in [0.3, 0.4) is 0 Å². The maximum absolute atomic E-state index is 13.7. The topological polar surface area (TPSA) is 126 Å². The van der Waals surface area contributed by atoms with Crippen LogP contribution in [0.4, 0.5) is 5.69 Å². The summed E-state index contributed by atoms with van der Waals surface area (Å²) in [6, 6.07) is 24.1. The molecule has 1 aliphatic rings. The van der Waals surface area contributed by atoms with Gasteiger partial charge in [0.2, 0.25) is 0 Å². The highest BCUT2D eigenvalue weighted by molar-refractivity contribution is 6.25. The fourth-order valence-electron chi connectivity index (χ4n) is 6.18. The number of carbonyl (C=O) groups is 5. The molecule has 1 amide bonds. The molecule has 0 saturated carbocycles. The van der Waals surface area contributed by atoms with Gasteiger partial charge in [-0.25, -0.2) is 19.2 Å². The lowest BCUT2D eigenvalue weighted by molar-refractivity contribution is -0.138. The Kier molecular flexibility index (Phi) is 14.3. The van der Waals surface area contributed by atoms with Gasteiger partial charge >= 0.3 is 23.9 Å². The Morgan fingerprint density at radius 1 is 0.574 bits per heavy atom. The second kappa shape index (κ2) is 19.7. The monoisotopic (exact) mass is 731 g/mol. The summed E-state index contributed by atoms with van der Waals surface area (Å²) in [5.74, 6) is -1.74. The van der Waals surface area contributed by atoms with Crippen LogP contribution in [-0.2, 0) is 35.1 Å². The van der Waals surface area contributed by atoms with Gasteiger partial charge in [-0.05, 0) is 116 Å². The van der Waals surface area contributed by atoms with Gasteiger partial charge in [-0.15, -0.1) is 0 Å². The van der Waals surface area contributed by atoms with Gasteiger partial charge in [0.1, 0.15) is 0 Å². The number of rotatable bonds is 21. The third-order valence-corrected chi connectivity index (χ3v) is 9.07. The van der Waals surface area contributed by atoms with E-state index in [1.807, 2.05) is 54.6 Å². The van der Waals surface area contributed by atoms with Crippen LogP contribution in [0.1, 0.15) is 88.0 Å². The van der Waals surface area contributed by atoms with Crippen LogP contribution in [0.25, 0.3) is 21.9 Å². The molecule has 5 rings (SSSR count). The SMILES string of the molecule is C=CC(=O)OCCCCCCOC(=O)c1ccc(CN2C(=O)c3cccc4cc(-c5ccc(C(=O)OCCCCCCOC(=O)C=C)cc5)cc2c34)cc1. The first-order valence-electron chi connectivity index (χ1n) is 18.3. The Morgan fingerprint density at radius 3 is 1.59 bits per heavy atom. The minimum absolute atomic E-state index is 0.0932. The standard InChI is InChI=1S/C44H45NO9/c1-3-39(46)51-24-9-5-7-11-26-53-43(49)33-18-16-31(17-19-33)30-45-38-29-36(28-35-14-13-15-37(41(35)38)42(45)48)32-20-22-34(23-21-32)44(50)54-27-12-8-6-10-25-52-40(47)4-2/h3-4,13-23,28-29H,1-2,5-12,24-27,30H2. The molecule has 0 spiro atoms. The molecule has 0 atom stereocenters. The zero-order valence-electron chi connectivity index (χ0n) is 30.4. The summed E-state index contributed by atoms with van der Waals surface area (Å²) < 4.78 is 20.8. The third kappa shape index (κ3) is 10.5. The van der Waals surface area contributed by atoms with Crippen LogP contribution in [0.15, 0.2) is 104 Å². The highest BCUT2D eigenvalue weighted by Crippen LogP contribution is 2.41. The molecule has 0 bridgehead atoms. The Bertz CT molecular complexity index is 1980. The van der Waals surface area contributed by atoms with Crippen molar-refractivity contribution in [2.75, 3.05) is 31.3 Å². The van der Waals surface area contributed by atoms with Crippen molar-refractivity contribution < 1.29 is 42.9 Å². The van der Waals surface area contributed by atoms with Crippen molar-refractivity contribution >= 4 is 46.2 Å². The minimum atomic E-state index is -0.428. The zero-order chi connectivity index (χ0) is 38.3. The van der Waals surface area contributed by atoms with Crippen LogP contribution in [0.5, 0.6) is 0 Å². The number of hydrogen-bond acceptors (Lipinski definition) is 9. The molecule has 1 heterocycles. The highest BCUT2D eigenvalue weighted by atomic mass is 16.5. The van der Waals surface area contributed by atoms with Crippen molar-refractivity contribution in [2.24, 2.45) is 0 Å². The van der Waals surface area contributed by atoms with E-state index in [0.717, 1.165) is 83.8 Å². The predicted molar refractivity (Wildman–Crippen MR) is 206 cm³/mol. The van der Waals surface area contributed by atoms with Crippen LogP contribution in [-0.4, -0.2) is 56.2 Å². The molecule has 4 aromatic rings. The van der Waals surface area contributed by atoms with E-state index in [1.54, 1.807) is 29.2 Å². The van der Waals surface area contributed by atoms with Crippen molar-refractivity contribution in [1.82, 2.24) is 0 Å². The molecule has 0 aliphatic carbocycles. The predicted octanol–water partition coefficient (Wildman–Crippen LogP) is 8.56. The van der Waals surface area contributed by atoms with Crippen LogP contribution < -0.4 is 4.90 Å². The van der Waals surface area contributed by atoms with E-state index in [9.17, 15) is 24.0 Å². The molecule has 0 radical (unpaired) electrons. The van der Waals surface area contributed by atoms with Gasteiger partial charge in [-0.2, -0.15) is 0 Å². The number of unbranched alkanes of at least 4 members (excludes halogenated alkanes) is 6. The summed E-state index contributed by atoms with van der Waals surface area (Å²) in [4.78, 5) is 62.9. The van der Waals surface area contributed by atoms with Gasteiger partial charge in [0.05, 0.1) is 49.8 Å². The molecule has 10 nitrogen and oxygen atoms in total. The van der Waals surface area contributed by atoms with E-state index in [2.05, 4.69) is 13.2 Å². The first kappa shape index (κ1) is 39.2. The van der Waals surface area contributed by atoms with Crippen molar-refractivity contribution in [1.29, 1.82) is 0 Å². The molecule has 0 N–H and O–H groups in total. The van der Waals surface area contributed by atoms with Crippen molar-refractivity contribution in [3.63, 3.8) is 0 Å². The summed E-state index contributed by atoms with van der Waals surface area (Å²) >= 11 is 0. The normalized spacial score (nSPS) is 11.6. The molecular formula is C44H45NO9. The summed E-state index contributed by atoms with van der Waals surface area (Å²) in [5.41, 5.74) is 4.98. The van der Waals surface area contributed by atoms with E-state index in [-0.39, 0.29) is 5.91 Å². The van der Waals surface area contributed by atoms with Gasteiger partial charge in [-0.1, -0.05) is 49.6 Å². The number of ether oxygens (including phenoxy) is 4. The van der Waals surface area contributed by atoms with Gasteiger partial charge in [-0.3, -0.25) is 4.79 Å². The lowest BCUT2D eigenvalue weighted by Gasteiger charge is -2.19. The fourth-order valence-corrected chi connectivity index (χ4v) is 6.18. The van der Waals surface area contributed by atoms with Gasteiger partial charge < -0.3 is 23.8 Å². The Labute approximate surface area is 315 Å². The molecular weight excluding hydrogens is 686 g/mol. The first-order valence-corrected chi connectivity index (χ1v) is 18.3. The number of hydrogen-bond donors (Lipinski definition) is 0. The Hall–Kier alpha value is -6.03. The average Bonchev–Trinajstić information content (AvgIpc) is 3.46. The van der Waals surface area contributed by atoms with Gasteiger partial charge in [0, 0.05) is 23.1 Å². The van der Waals surface area contributed by atoms with E-state index in [0.29, 0.717) is 62.5 Å². The number of esters is 4. The lowest BCUT2D eigenvalue weighted by atomic mass is 9.98. The second-order valence-electron chi connectivity index (χ2n) is 12.9. The molecule has 54 heavy (non-hydrogen) atoms. The number of carbonyl (C=O) groups excluding carboxylic acids is 5. The van der Waals surface area contributed by atoms with Crippen LogP contribution in [0.2, 0.25) is 0 Å². The molecule has 10 heteroatoms. The average molecular weight is 732 g/mol. The van der Waals surface area contributed by atoms with Crippen molar-refractivity contribution in [2.45, 2.75) is 57.9 Å². The quantitative estimate of drug-likeness (QED) is 0.0359. The molecule has 280 valence electrons. The second-order valence-corrected chi connectivity index (χ2v) is 12.9. The van der Waals surface area contributed by atoms with Crippen LogP contribution in [0, 0.1) is 0 Å². The van der Waals surface area contributed by atoms with Gasteiger partial charge in [0.25, 0.3) is 5.91 Å². The van der Waals surface area contributed by atoms with Crippen LogP contribution >= 0.6 is 0 Å². The summed E-state index contributed by atoms with van der Waals surface area (Å²) in [5, 5.41) is 1.83. The summed E-state index contributed by atoms with van der Waals surface area (Å²) in [7, 11) is 0. The highest BCUT2D eigenvalue weighted by Gasteiger charge is 2.30. The Balaban J connectivity index is 1.14. The van der Waals surface area contributed by atoms with E-state index in [4.69, 9.17) is 18.9 Å². The molecule has 0 aromatic heterocycles. The molecule has 1 aliphatic heterocycles. The first-order chi connectivity index (χ1) is 26.3. The van der Waals surface area contributed by atoms with Gasteiger partial charge in [0.15, 0.2) is 0 Å². The molecule has 4 aromatic carbocycles. The minimum Gasteiger partial charge on any atom is -0.463 e. The smallest absolute Gasteiger partial charge is 0.338 e. The lowest BCUT2D eigenvalue weighted by Crippen LogP contribution is -2.26. The number of anilines is 1. The zero-order valence-corrected chi connectivity index (χ0v) is 30.4. The molecule has 0 fully saturated rings. The molecule has 0 unspecified atom stereocenters. The maximum Gasteiger partial charge on any atom is 0.338 e. The van der Waals surface area contributed by atoms with Crippen molar-refractivity contribution in [3.8, 4) is 11.1 Å². The maximum atomic E-state index is 13.7. The number of amides is 1. The van der Waals surface area contributed by atoms with E-state index in [1.165, 1.54) is 0 Å².